The molecule has 24 heavy (non-hydrogen) atoms. The molecule has 132 valence electrons. The van der Waals surface area contributed by atoms with Crippen LogP contribution in [-0.4, -0.2) is 32.1 Å². The van der Waals surface area contributed by atoms with Gasteiger partial charge in [0.15, 0.2) is 0 Å². The molecule has 0 radical (unpaired) electrons. The van der Waals surface area contributed by atoms with Crippen molar-refractivity contribution < 1.29 is 9.90 Å². The summed E-state index contributed by atoms with van der Waals surface area (Å²) in [5, 5.41) is 21.6. The molecule has 0 aliphatic heterocycles. The first-order chi connectivity index (χ1) is 11.5. The molecule has 1 aromatic heterocycles. The van der Waals surface area contributed by atoms with Crippen molar-refractivity contribution in [3.63, 3.8) is 0 Å². The van der Waals surface area contributed by atoms with Gasteiger partial charge in [-0.15, -0.1) is 5.10 Å². The number of hydrogen-bond acceptors (Lipinski definition) is 4. The maximum Gasteiger partial charge on any atom is 0.321 e. The molecule has 4 fully saturated rings. The minimum Gasteiger partial charge on any atom is -0.480 e. The number of nitrogens with one attached hydrogen (secondary N) is 1. The van der Waals surface area contributed by atoms with Crippen molar-refractivity contribution in [2.24, 2.45) is 23.2 Å². The Hall–Kier alpha value is -1.43. The SMILES string of the molecule is CCn1nnc(C)c1CNC(C(=O)O)C12CC3CC(CC(C3)C1)C2. The van der Waals surface area contributed by atoms with Gasteiger partial charge in [-0.1, -0.05) is 5.21 Å². The summed E-state index contributed by atoms with van der Waals surface area (Å²) in [6.45, 7) is 5.26. The maximum atomic E-state index is 12.1. The Kier molecular flexibility index (Phi) is 3.90. The molecule has 1 atom stereocenters. The Bertz CT molecular complexity index is 604. The fraction of sp³-hybridized carbons (Fsp3) is 0.833. The van der Waals surface area contributed by atoms with Gasteiger partial charge in [0.1, 0.15) is 6.04 Å². The summed E-state index contributed by atoms with van der Waals surface area (Å²) in [6.07, 6.45) is 7.26. The van der Waals surface area contributed by atoms with Crippen LogP contribution in [0, 0.1) is 30.1 Å². The molecule has 4 aliphatic carbocycles. The summed E-state index contributed by atoms with van der Waals surface area (Å²) in [5.41, 5.74) is 1.85. The van der Waals surface area contributed by atoms with E-state index in [0.717, 1.165) is 54.9 Å². The molecule has 4 saturated carbocycles. The number of hydrogen-bond donors (Lipinski definition) is 2. The van der Waals surface area contributed by atoms with Crippen LogP contribution in [0.25, 0.3) is 0 Å². The standard InChI is InChI=1S/C18H28N4O2/c1-3-22-15(11(2)20-21-22)10-19-16(17(23)24)18-7-12-4-13(8-18)6-14(5-12)9-18/h12-14,16,19H,3-10H2,1-2H3,(H,23,24). The summed E-state index contributed by atoms with van der Waals surface area (Å²) in [5.74, 6) is 1.57. The Morgan fingerprint density at radius 1 is 1.29 bits per heavy atom. The van der Waals surface area contributed by atoms with Crippen molar-refractivity contribution in [2.45, 2.75) is 71.5 Å². The predicted molar refractivity (Wildman–Crippen MR) is 89.3 cm³/mol. The van der Waals surface area contributed by atoms with Gasteiger partial charge in [-0.25, -0.2) is 4.68 Å². The quantitative estimate of drug-likeness (QED) is 0.836. The van der Waals surface area contributed by atoms with Crippen LogP contribution in [-0.2, 0) is 17.9 Å². The smallest absolute Gasteiger partial charge is 0.321 e. The zero-order valence-electron chi connectivity index (χ0n) is 14.7. The molecule has 6 nitrogen and oxygen atoms in total. The highest BCUT2D eigenvalue weighted by Crippen LogP contribution is 2.61. The van der Waals surface area contributed by atoms with E-state index >= 15 is 0 Å². The molecular weight excluding hydrogens is 304 g/mol. The molecule has 1 heterocycles. The van der Waals surface area contributed by atoms with Crippen molar-refractivity contribution in [1.29, 1.82) is 0 Å². The van der Waals surface area contributed by atoms with Crippen LogP contribution in [0.5, 0.6) is 0 Å². The number of carboxylic acids is 1. The van der Waals surface area contributed by atoms with Crippen molar-refractivity contribution >= 4 is 5.97 Å². The second kappa shape index (κ2) is 5.83. The maximum absolute atomic E-state index is 12.1. The van der Waals surface area contributed by atoms with Gasteiger partial charge in [-0.3, -0.25) is 10.1 Å². The molecule has 0 amide bonds. The summed E-state index contributed by atoms with van der Waals surface area (Å²) in [4.78, 5) is 12.1. The van der Waals surface area contributed by atoms with E-state index in [-0.39, 0.29) is 5.41 Å². The van der Waals surface area contributed by atoms with Crippen LogP contribution in [0.2, 0.25) is 0 Å². The van der Waals surface area contributed by atoms with Crippen LogP contribution in [0.15, 0.2) is 0 Å². The molecule has 0 saturated heterocycles. The molecule has 0 aromatic carbocycles. The summed E-state index contributed by atoms with van der Waals surface area (Å²) >= 11 is 0. The van der Waals surface area contributed by atoms with E-state index in [9.17, 15) is 9.90 Å². The number of aromatic nitrogens is 3. The van der Waals surface area contributed by atoms with Gasteiger partial charge in [0, 0.05) is 13.1 Å². The van der Waals surface area contributed by atoms with Crippen molar-refractivity contribution in [3.8, 4) is 0 Å². The average Bonchev–Trinajstić information content (AvgIpc) is 2.86. The lowest BCUT2D eigenvalue weighted by Crippen LogP contribution is -2.58. The zero-order valence-corrected chi connectivity index (χ0v) is 14.7. The van der Waals surface area contributed by atoms with E-state index < -0.39 is 12.0 Å². The van der Waals surface area contributed by atoms with Gasteiger partial charge >= 0.3 is 5.97 Å². The summed E-state index contributed by atoms with van der Waals surface area (Å²) in [7, 11) is 0. The highest BCUT2D eigenvalue weighted by atomic mass is 16.4. The van der Waals surface area contributed by atoms with Crippen LogP contribution < -0.4 is 5.32 Å². The van der Waals surface area contributed by atoms with E-state index in [2.05, 4.69) is 15.6 Å². The Morgan fingerprint density at radius 3 is 2.38 bits per heavy atom. The van der Waals surface area contributed by atoms with Crippen molar-refractivity contribution in [2.75, 3.05) is 0 Å². The van der Waals surface area contributed by atoms with E-state index in [1.54, 1.807) is 0 Å². The van der Waals surface area contributed by atoms with Gasteiger partial charge in [0.2, 0.25) is 0 Å². The lowest BCUT2D eigenvalue weighted by Gasteiger charge is -2.58. The van der Waals surface area contributed by atoms with Crippen LogP contribution in [0.4, 0.5) is 0 Å². The topological polar surface area (TPSA) is 80.0 Å². The first kappa shape index (κ1) is 16.1. The average molecular weight is 332 g/mol. The van der Waals surface area contributed by atoms with E-state index in [4.69, 9.17) is 0 Å². The molecule has 5 rings (SSSR count). The van der Waals surface area contributed by atoms with Crippen molar-refractivity contribution in [1.82, 2.24) is 20.3 Å². The van der Waals surface area contributed by atoms with E-state index in [1.807, 2.05) is 18.5 Å². The molecule has 2 N–H and O–H groups in total. The highest BCUT2D eigenvalue weighted by Gasteiger charge is 2.56. The molecule has 0 spiro atoms. The van der Waals surface area contributed by atoms with Gasteiger partial charge in [-0.05, 0) is 75.5 Å². The molecule has 1 aromatic rings. The minimum atomic E-state index is -0.690. The minimum absolute atomic E-state index is 0.0427. The normalized spacial score (nSPS) is 35.3. The van der Waals surface area contributed by atoms with E-state index in [1.165, 1.54) is 19.3 Å². The predicted octanol–water partition coefficient (Wildman–Crippen LogP) is 2.37. The number of rotatable bonds is 6. The van der Waals surface area contributed by atoms with Crippen LogP contribution in [0.3, 0.4) is 0 Å². The van der Waals surface area contributed by atoms with Crippen LogP contribution >= 0.6 is 0 Å². The third-order valence-corrected chi connectivity index (χ3v) is 6.75. The summed E-state index contributed by atoms with van der Waals surface area (Å²) in [6, 6.07) is -0.453. The number of aryl methyl sites for hydroxylation is 2. The molecule has 4 bridgehead atoms. The third-order valence-electron chi connectivity index (χ3n) is 6.75. The van der Waals surface area contributed by atoms with Gasteiger partial charge in [0.25, 0.3) is 0 Å². The zero-order chi connectivity index (χ0) is 16.9. The second-order valence-electron chi connectivity index (χ2n) is 8.37. The fourth-order valence-corrected chi connectivity index (χ4v) is 6.19. The largest absolute Gasteiger partial charge is 0.480 e. The molecule has 6 heteroatoms. The first-order valence-corrected chi connectivity index (χ1v) is 9.36. The fourth-order valence-electron chi connectivity index (χ4n) is 6.19. The molecular formula is C18H28N4O2. The van der Waals surface area contributed by atoms with Gasteiger partial charge in [-0.2, -0.15) is 0 Å². The van der Waals surface area contributed by atoms with Gasteiger partial charge in [0.05, 0.1) is 11.4 Å². The summed E-state index contributed by atoms with van der Waals surface area (Å²) < 4.78 is 1.86. The third kappa shape index (κ3) is 2.55. The van der Waals surface area contributed by atoms with Gasteiger partial charge < -0.3 is 5.11 Å². The Balaban J connectivity index is 1.55. The number of carboxylic acid groups (broad SMARTS) is 1. The molecule has 4 aliphatic rings. The Labute approximate surface area is 143 Å². The Morgan fingerprint density at radius 2 is 1.88 bits per heavy atom. The number of carbonyl (C=O) groups is 1. The van der Waals surface area contributed by atoms with Crippen molar-refractivity contribution in [3.05, 3.63) is 11.4 Å². The monoisotopic (exact) mass is 332 g/mol. The highest BCUT2D eigenvalue weighted by molar-refractivity contribution is 5.75. The number of aliphatic carboxylic acids is 1. The first-order valence-electron chi connectivity index (χ1n) is 9.36. The lowest BCUT2D eigenvalue weighted by molar-refractivity contribution is -0.151. The molecule has 1 unspecified atom stereocenters. The number of nitrogens with zero attached hydrogens (tertiary/aromatic N) is 3. The second-order valence-corrected chi connectivity index (χ2v) is 8.37. The lowest BCUT2D eigenvalue weighted by atomic mass is 9.47. The van der Waals surface area contributed by atoms with Crippen LogP contribution in [0.1, 0.15) is 56.8 Å². The van der Waals surface area contributed by atoms with E-state index in [0.29, 0.717) is 6.54 Å².